The Hall–Kier alpha value is -2.57. The van der Waals surface area contributed by atoms with Crippen molar-refractivity contribution in [2.45, 2.75) is 39.0 Å². The fourth-order valence-electron chi connectivity index (χ4n) is 3.61. The van der Waals surface area contributed by atoms with E-state index >= 15 is 0 Å². The molecule has 2 N–H and O–H groups in total. The summed E-state index contributed by atoms with van der Waals surface area (Å²) in [5.41, 5.74) is 0.848. The summed E-state index contributed by atoms with van der Waals surface area (Å²) in [7, 11) is 0. The summed E-state index contributed by atoms with van der Waals surface area (Å²) in [6, 6.07) is 5.78. The fraction of sp³-hybridized carbons (Fsp3) is 0.550. The number of piperidine rings is 1. The first-order valence-corrected chi connectivity index (χ1v) is 9.77. The van der Waals surface area contributed by atoms with Gasteiger partial charge >= 0.3 is 0 Å². The third kappa shape index (κ3) is 4.23. The van der Waals surface area contributed by atoms with Gasteiger partial charge in [-0.15, -0.1) is 0 Å². The van der Waals surface area contributed by atoms with Gasteiger partial charge in [0.05, 0.1) is 12.1 Å². The first kappa shape index (κ1) is 17.8. The van der Waals surface area contributed by atoms with Crippen LogP contribution < -0.4 is 10.1 Å². The summed E-state index contributed by atoms with van der Waals surface area (Å²) in [6.07, 6.45) is 5.16. The second kappa shape index (κ2) is 7.58. The lowest BCUT2D eigenvalue weighted by Crippen LogP contribution is -2.40. The van der Waals surface area contributed by atoms with Crippen molar-refractivity contribution in [1.29, 1.82) is 0 Å². The summed E-state index contributed by atoms with van der Waals surface area (Å²) < 4.78 is 5.81. The summed E-state index contributed by atoms with van der Waals surface area (Å²) in [5, 5.41) is 11.0. The number of carbonyl (C=O) groups is 2. The van der Waals surface area contributed by atoms with Gasteiger partial charge in [-0.1, -0.05) is 12.8 Å². The third-order valence-corrected chi connectivity index (χ3v) is 5.58. The predicted molar refractivity (Wildman–Crippen MR) is 103 cm³/mol. The molecule has 144 valence electrons. The van der Waals surface area contributed by atoms with E-state index in [0.717, 1.165) is 35.6 Å². The second-order valence-electron chi connectivity index (χ2n) is 7.63. The van der Waals surface area contributed by atoms with E-state index in [9.17, 15) is 9.59 Å². The van der Waals surface area contributed by atoms with Crippen molar-refractivity contribution in [2.75, 3.05) is 25.0 Å². The van der Waals surface area contributed by atoms with Crippen LogP contribution in [-0.2, 0) is 9.59 Å². The highest BCUT2D eigenvalue weighted by molar-refractivity contribution is 6.00. The highest BCUT2D eigenvalue weighted by Gasteiger charge is 2.27. The molecule has 1 aliphatic carbocycles. The highest BCUT2D eigenvalue weighted by Crippen LogP contribution is 2.32. The number of hydrogen-bond acceptors (Lipinski definition) is 4. The molecule has 1 saturated carbocycles. The van der Waals surface area contributed by atoms with Gasteiger partial charge in [-0.3, -0.25) is 14.7 Å². The van der Waals surface area contributed by atoms with Gasteiger partial charge in [-0.05, 0) is 37.3 Å². The number of ether oxygens (including phenoxy) is 1. The van der Waals surface area contributed by atoms with Crippen LogP contribution in [0.3, 0.4) is 0 Å². The normalized spacial score (nSPS) is 17.9. The Morgan fingerprint density at radius 2 is 2.04 bits per heavy atom. The molecular weight excluding hydrogens is 344 g/mol. The minimum Gasteiger partial charge on any atom is -0.494 e. The maximum atomic E-state index is 12.6. The Balaban J connectivity index is 1.35. The molecule has 0 spiro atoms. The lowest BCUT2D eigenvalue weighted by Gasteiger charge is -2.30. The molecule has 27 heavy (non-hydrogen) atoms. The molecule has 0 atom stereocenters. The van der Waals surface area contributed by atoms with Crippen molar-refractivity contribution in [2.24, 2.45) is 11.8 Å². The largest absolute Gasteiger partial charge is 0.494 e. The zero-order valence-corrected chi connectivity index (χ0v) is 15.7. The van der Waals surface area contributed by atoms with E-state index < -0.39 is 0 Å². The molecule has 2 aliphatic rings. The van der Waals surface area contributed by atoms with Crippen LogP contribution in [0, 0.1) is 11.8 Å². The summed E-state index contributed by atoms with van der Waals surface area (Å²) >= 11 is 0. The molecule has 1 aromatic carbocycles. The summed E-state index contributed by atoms with van der Waals surface area (Å²) in [6.45, 7) is 3.58. The maximum absolute atomic E-state index is 12.6. The monoisotopic (exact) mass is 370 g/mol. The molecule has 2 amide bonds. The molecule has 2 fully saturated rings. The SMILES string of the molecule is CC(=O)N1CCC(C(=O)Nc2n[nH]c3cc(OCCC4CC4)ccc23)CC1. The van der Waals surface area contributed by atoms with Crippen LogP contribution in [0.5, 0.6) is 5.75 Å². The lowest BCUT2D eigenvalue weighted by atomic mass is 9.96. The van der Waals surface area contributed by atoms with Gasteiger partial charge in [0.25, 0.3) is 0 Å². The lowest BCUT2D eigenvalue weighted by molar-refractivity contribution is -0.132. The van der Waals surface area contributed by atoms with Gasteiger partial charge < -0.3 is 15.0 Å². The Morgan fingerprint density at radius 3 is 2.74 bits per heavy atom. The zero-order valence-electron chi connectivity index (χ0n) is 15.7. The van der Waals surface area contributed by atoms with E-state index in [-0.39, 0.29) is 17.7 Å². The number of nitrogens with zero attached hydrogens (tertiary/aromatic N) is 2. The Kier molecular flexibility index (Phi) is 5.01. The number of fused-ring (bicyclic) bond motifs is 1. The standard InChI is InChI=1S/C20H26N4O3/c1-13(25)24-9-6-15(7-10-24)20(26)21-19-17-5-4-16(12-18(17)22-23-19)27-11-8-14-2-3-14/h4-5,12,14-15H,2-3,6-11H2,1H3,(H2,21,22,23,26). The van der Waals surface area contributed by atoms with Crippen molar-refractivity contribution in [3.63, 3.8) is 0 Å². The number of aromatic nitrogens is 2. The smallest absolute Gasteiger partial charge is 0.228 e. The van der Waals surface area contributed by atoms with E-state index in [2.05, 4.69) is 15.5 Å². The molecule has 1 aromatic heterocycles. The number of likely N-dealkylation sites (tertiary alicyclic amines) is 1. The van der Waals surface area contributed by atoms with E-state index in [4.69, 9.17) is 4.74 Å². The molecule has 2 aromatic rings. The number of aromatic amines is 1. The predicted octanol–water partition coefficient (Wildman–Crippen LogP) is 2.94. The van der Waals surface area contributed by atoms with Crippen molar-refractivity contribution in [1.82, 2.24) is 15.1 Å². The fourth-order valence-corrected chi connectivity index (χ4v) is 3.61. The second-order valence-corrected chi connectivity index (χ2v) is 7.63. The third-order valence-electron chi connectivity index (χ3n) is 5.58. The number of carbonyl (C=O) groups excluding carboxylic acids is 2. The molecule has 0 radical (unpaired) electrons. The first-order chi connectivity index (χ1) is 13.1. The van der Waals surface area contributed by atoms with Gasteiger partial charge in [-0.2, -0.15) is 5.10 Å². The van der Waals surface area contributed by atoms with Gasteiger partial charge in [-0.25, -0.2) is 0 Å². The average Bonchev–Trinajstić information content (AvgIpc) is 3.42. The first-order valence-electron chi connectivity index (χ1n) is 9.77. The average molecular weight is 370 g/mol. The number of benzene rings is 1. The van der Waals surface area contributed by atoms with Gasteiger partial charge in [0.1, 0.15) is 5.75 Å². The number of hydrogen-bond donors (Lipinski definition) is 2. The Bertz CT molecular complexity index is 835. The van der Waals surface area contributed by atoms with Crippen molar-refractivity contribution >= 4 is 28.5 Å². The minimum atomic E-state index is -0.0858. The minimum absolute atomic E-state index is 0.0311. The van der Waals surface area contributed by atoms with Crippen LogP contribution in [0.1, 0.15) is 39.0 Å². The van der Waals surface area contributed by atoms with Crippen LogP contribution in [0.2, 0.25) is 0 Å². The number of rotatable bonds is 6. The molecule has 0 unspecified atom stereocenters. The Labute approximate surface area is 158 Å². The number of amides is 2. The van der Waals surface area contributed by atoms with E-state index in [0.29, 0.717) is 31.7 Å². The molecule has 7 heteroatoms. The van der Waals surface area contributed by atoms with E-state index in [1.165, 1.54) is 12.8 Å². The number of anilines is 1. The summed E-state index contributed by atoms with van der Waals surface area (Å²) in [5.74, 6) is 2.18. The zero-order chi connectivity index (χ0) is 18.8. The van der Waals surface area contributed by atoms with Gasteiger partial charge in [0, 0.05) is 37.4 Å². The van der Waals surface area contributed by atoms with Crippen LogP contribution in [0.25, 0.3) is 10.9 Å². The van der Waals surface area contributed by atoms with Crippen LogP contribution in [0.4, 0.5) is 5.82 Å². The number of H-pyrrole nitrogens is 1. The van der Waals surface area contributed by atoms with E-state index in [1.807, 2.05) is 18.2 Å². The molecular formula is C20H26N4O3. The molecule has 4 rings (SSSR count). The molecule has 7 nitrogen and oxygen atoms in total. The van der Waals surface area contributed by atoms with Gasteiger partial charge in [0.15, 0.2) is 5.82 Å². The van der Waals surface area contributed by atoms with Crippen LogP contribution in [-0.4, -0.2) is 46.6 Å². The number of nitrogens with one attached hydrogen (secondary N) is 2. The molecule has 2 heterocycles. The molecule has 0 bridgehead atoms. The Morgan fingerprint density at radius 1 is 1.26 bits per heavy atom. The highest BCUT2D eigenvalue weighted by atomic mass is 16.5. The van der Waals surface area contributed by atoms with E-state index in [1.54, 1.807) is 11.8 Å². The molecule has 1 saturated heterocycles. The van der Waals surface area contributed by atoms with Crippen molar-refractivity contribution in [3.8, 4) is 5.75 Å². The van der Waals surface area contributed by atoms with Crippen molar-refractivity contribution < 1.29 is 14.3 Å². The maximum Gasteiger partial charge on any atom is 0.228 e. The summed E-state index contributed by atoms with van der Waals surface area (Å²) in [4.78, 5) is 25.8. The van der Waals surface area contributed by atoms with Gasteiger partial charge in [0.2, 0.25) is 11.8 Å². The topological polar surface area (TPSA) is 87.3 Å². The molecule has 1 aliphatic heterocycles. The van der Waals surface area contributed by atoms with Crippen molar-refractivity contribution in [3.05, 3.63) is 18.2 Å². The van der Waals surface area contributed by atoms with Crippen LogP contribution >= 0.6 is 0 Å². The quantitative estimate of drug-likeness (QED) is 0.818. The van der Waals surface area contributed by atoms with Crippen LogP contribution in [0.15, 0.2) is 18.2 Å².